The molecule has 2 aliphatic carbocycles. The number of hydrogen-bond donors (Lipinski definition) is 0. The Hall–Kier alpha value is -2.68. The molecule has 38 heavy (non-hydrogen) atoms. The molecule has 5 atom stereocenters. The highest BCUT2D eigenvalue weighted by Gasteiger charge is 2.42. The van der Waals surface area contributed by atoms with Crippen LogP contribution in [-0.2, 0) is 32.6 Å². The zero-order valence-electron chi connectivity index (χ0n) is 22.7. The van der Waals surface area contributed by atoms with Crippen LogP contribution in [0.15, 0.2) is 60.2 Å². The van der Waals surface area contributed by atoms with Gasteiger partial charge in [0.05, 0.1) is 26.1 Å². The van der Waals surface area contributed by atoms with E-state index in [1.807, 2.05) is 55.5 Å². The van der Waals surface area contributed by atoms with Gasteiger partial charge < -0.3 is 19.0 Å². The van der Waals surface area contributed by atoms with Crippen molar-refractivity contribution in [1.29, 1.82) is 0 Å². The molecule has 2 aromatic carbocycles. The molecular formula is C30H39NO6S. The second-order valence-electron chi connectivity index (χ2n) is 10.5. The summed E-state index contributed by atoms with van der Waals surface area (Å²) in [5, 5.41) is 0. The first-order valence-electron chi connectivity index (χ1n) is 13.2. The van der Waals surface area contributed by atoms with E-state index >= 15 is 0 Å². The fourth-order valence-electron chi connectivity index (χ4n) is 5.47. The lowest BCUT2D eigenvalue weighted by molar-refractivity contribution is -0.119. The van der Waals surface area contributed by atoms with Crippen LogP contribution >= 0.6 is 0 Å². The van der Waals surface area contributed by atoms with E-state index in [0.29, 0.717) is 0 Å². The van der Waals surface area contributed by atoms with Gasteiger partial charge >= 0.3 is 0 Å². The first-order valence-corrected chi connectivity index (χ1v) is 14.8. The average molecular weight is 542 g/mol. The van der Waals surface area contributed by atoms with Crippen molar-refractivity contribution in [2.24, 2.45) is 23.7 Å². The van der Waals surface area contributed by atoms with Crippen molar-refractivity contribution in [3.63, 3.8) is 0 Å². The van der Waals surface area contributed by atoms with Gasteiger partial charge in [0, 0.05) is 26.1 Å². The van der Waals surface area contributed by atoms with Crippen molar-refractivity contribution in [3.05, 3.63) is 71.3 Å². The molecule has 4 rings (SSSR count). The van der Waals surface area contributed by atoms with E-state index in [2.05, 4.69) is 6.08 Å². The van der Waals surface area contributed by atoms with Gasteiger partial charge in [0.25, 0.3) is 0 Å². The Balaban J connectivity index is 1.47. The maximum Gasteiger partial charge on any atom is 0.214 e. The third-order valence-electron chi connectivity index (χ3n) is 8.10. The molecule has 0 spiro atoms. The van der Waals surface area contributed by atoms with E-state index in [0.717, 1.165) is 48.2 Å². The van der Waals surface area contributed by atoms with E-state index in [-0.39, 0.29) is 48.6 Å². The van der Waals surface area contributed by atoms with Crippen molar-refractivity contribution in [3.8, 4) is 11.5 Å². The van der Waals surface area contributed by atoms with Gasteiger partial charge in [-0.15, -0.1) is 0 Å². The topological polar surface area (TPSA) is 82.1 Å². The van der Waals surface area contributed by atoms with Crippen LogP contribution in [0.2, 0.25) is 0 Å². The summed E-state index contributed by atoms with van der Waals surface area (Å²) in [5.74, 6) is 1.97. The minimum atomic E-state index is -3.57. The van der Waals surface area contributed by atoms with Crippen LogP contribution in [0.1, 0.15) is 37.3 Å². The van der Waals surface area contributed by atoms with Gasteiger partial charge in [-0.25, -0.2) is 8.42 Å². The van der Waals surface area contributed by atoms with Gasteiger partial charge in [0.2, 0.25) is 10.0 Å². The Labute approximate surface area is 226 Å². The van der Waals surface area contributed by atoms with Gasteiger partial charge in [-0.1, -0.05) is 37.3 Å². The maximum absolute atomic E-state index is 13.7. The molecular weight excluding hydrogens is 502 g/mol. The van der Waals surface area contributed by atoms with Crippen LogP contribution < -0.4 is 9.47 Å². The number of methoxy groups -OCH3 is 3. The molecule has 0 radical (unpaired) electrons. The monoisotopic (exact) mass is 541 g/mol. The number of sulfonamides is 1. The largest absolute Gasteiger partial charge is 0.497 e. The Kier molecular flexibility index (Phi) is 9.28. The van der Waals surface area contributed by atoms with E-state index in [4.69, 9.17) is 14.2 Å². The number of ether oxygens (including phenoxy) is 3. The molecule has 0 aliphatic heterocycles. The molecule has 0 aromatic heterocycles. The fourth-order valence-corrected chi connectivity index (χ4v) is 7.28. The molecule has 0 bridgehead atoms. The number of benzene rings is 2. The quantitative estimate of drug-likeness (QED) is 0.251. The lowest BCUT2D eigenvalue weighted by Crippen LogP contribution is -2.42. The normalized spacial score (nSPS) is 22.6. The van der Waals surface area contributed by atoms with E-state index in [1.54, 1.807) is 25.6 Å². The minimum Gasteiger partial charge on any atom is -0.497 e. The van der Waals surface area contributed by atoms with Crippen molar-refractivity contribution in [2.75, 3.05) is 27.1 Å². The predicted molar refractivity (Wildman–Crippen MR) is 147 cm³/mol. The maximum atomic E-state index is 13.7. The average Bonchev–Trinajstić information content (AvgIpc) is 2.87. The van der Waals surface area contributed by atoms with Crippen LogP contribution in [0, 0.1) is 23.7 Å². The summed E-state index contributed by atoms with van der Waals surface area (Å²) in [7, 11) is 1.34. The number of rotatable bonds is 14. The van der Waals surface area contributed by atoms with Crippen molar-refractivity contribution in [1.82, 2.24) is 4.31 Å². The molecule has 0 amide bonds. The molecule has 8 heteroatoms. The molecule has 0 saturated heterocycles. The molecule has 7 nitrogen and oxygen atoms in total. The molecule has 1 fully saturated rings. The highest BCUT2D eigenvalue weighted by atomic mass is 32.2. The molecule has 0 heterocycles. The molecule has 2 aliphatic rings. The van der Waals surface area contributed by atoms with E-state index < -0.39 is 10.0 Å². The number of carbonyl (C=O) groups is 1. The van der Waals surface area contributed by atoms with Crippen molar-refractivity contribution < 1.29 is 27.4 Å². The number of nitrogens with zero attached hydrogens (tertiary/aromatic N) is 1. The molecule has 1 unspecified atom stereocenters. The second kappa shape index (κ2) is 12.5. The highest BCUT2D eigenvalue weighted by Crippen LogP contribution is 2.44. The molecule has 0 N–H and O–H groups in total. The number of carbonyl (C=O) groups excluding carboxylic acids is 1. The minimum absolute atomic E-state index is 0.0411. The highest BCUT2D eigenvalue weighted by molar-refractivity contribution is 7.89. The van der Waals surface area contributed by atoms with Crippen LogP contribution in [0.3, 0.4) is 0 Å². The van der Waals surface area contributed by atoms with Crippen molar-refractivity contribution in [2.45, 2.75) is 45.4 Å². The zero-order valence-corrected chi connectivity index (χ0v) is 23.5. The predicted octanol–water partition coefficient (Wildman–Crippen LogP) is 4.86. The van der Waals surface area contributed by atoms with Gasteiger partial charge in [0.1, 0.15) is 17.8 Å². The fraction of sp³-hybridized carbons (Fsp3) is 0.500. The summed E-state index contributed by atoms with van der Waals surface area (Å²) < 4.78 is 45.3. The van der Waals surface area contributed by atoms with Gasteiger partial charge in [-0.3, -0.25) is 0 Å². The smallest absolute Gasteiger partial charge is 0.214 e. The van der Waals surface area contributed by atoms with Gasteiger partial charge in [-0.05, 0) is 78.0 Å². The summed E-state index contributed by atoms with van der Waals surface area (Å²) in [4.78, 5) is 11.3. The molecule has 206 valence electrons. The Morgan fingerprint density at radius 2 is 1.45 bits per heavy atom. The zero-order chi connectivity index (χ0) is 27.3. The van der Waals surface area contributed by atoms with E-state index in [1.165, 1.54) is 5.57 Å². The number of allylic oxidation sites excluding steroid dienone is 1. The van der Waals surface area contributed by atoms with Crippen LogP contribution in [0.25, 0.3) is 0 Å². The summed E-state index contributed by atoms with van der Waals surface area (Å²) >= 11 is 0. The number of aldehydes is 1. The Morgan fingerprint density at radius 1 is 0.921 bits per heavy atom. The van der Waals surface area contributed by atoms with Gasteiger partial charge in [-0.2, -0.15) is 4.31 Å². The summed E-state index contributed by atoms with van der Waals surface area (Å²) in [5.41, 5.74) is 3.00. The lowest BCUT2D eigenvalue weighted by Gasteiger charge is -2.43. The van der Waals surface area contributed by atoms with Crippen LogP contribution in [0.5, 0.6) is 11.5 Å². The molecule has 1 saturated carbocycles. The SMILES string of the molecule is COc1ccc(CN(Cc2ccc(OC)cc2)S(=O)(=O)C[C@@H](C)C2C=C([C@H](OC)[C@@H]3CC[C@H]3C=O)C2)cc1. The summed E-state index contributed by atoms with van der Waals surface area (Å²) in [6.45, 7) is 2.56. The van der Waals surface area contributed by atoms with Crippen LogP contribution in [0.4, 0.5) is 0 Å². The first-order chi connectivity index (χ1) is 18.3. The first kappa shape index (κ1) is 28.3. The number of hydrogen-bond acceptors (Lipinski definition) is 6. The van der Waals surface area contributed by atoms with Gasteiger partial charge in [0.15, 0.2) is 0 Å². The van der Waals surface area contributed by atoms with Crippen molar-refractivity contribution >= 4 is 16.3 Å². The van der Waals surface area contributed by atoms with Crippen LogP contribution in [-0.4, -0.2) is 52.2 Å². The Morgan fingerprint density at radius 3 is 1.84 bits per heavy atom. The van der Waals surface area contributed by atoms with E-state index in [9.17, 15) is 13.2 Å². The summed E-state index contributed by atoms with van der Waals surface area (Å²) in [6, 6.07) is 15.0. The lowest BCUT2D eigenvalue weighted by atomic mass is 9.65. The molecule has 2 aromatic rings. The third kappa shape index (κ3) is 6.47. The summed E-state index contributed by atoms with van der Waals surface area (Å²) in [6.07, 6.45) is 5.92. The second-order valence-corrected chi connectivity index (χ2v) is 12.5. The Bertz CT molecular complexity index is 1160. The standard InChI is InChI=1S/C30H39NO6S/c1-21(25-15-26(16-25)30(37-4)29-14-9-24(29)19-32)20-38(33,34)31(17-22-5-10-27(35-2)11-6-22)18-23-7-12-28(36-3)13-8-23/h5-8,10-13,15,19,21,24-25,29-30H,9,14,16-18,20H2,1-4H3/t21-,24+,25?,29-,30+/m1/s1. The third-order valence-corrected chi connectivity index (χ3v) is 10.1.